The fourth-order valence-corrected chi connectivity index (χ4v) is 3.47. The number of rotatable bonds is 6. The summed E-state index contributed by atoms with van der Waals surface area (Å²) in [6, 6.07) is 5.48. The van der Waals surface area contributed by atoms with Gasteiger partial charge in [0.2, 0.25) is 5.91 Å². The minimum Gasteiger partial charge on any atom is -0.493 e. The molecule has 0 spiro atoms. The second-order valence-corrected chi connectivity index (χ2v) is 9.13. The molecule has 0 atom stereocenters. The van der Waals surface area contributed by atoms with Gasteiger partial charge in [0.05, 0.1) is 18.4 Å². The summed E-state index contributed by atoms with van der Waals surface area (Å²) in [5.41, 5.74) is 1.97. The number of nitrogens with zero attached hydrogens (tertiary/aromatic N) is 3. The molecule has 1 aliphatic rings. The maximum atomic E-state index is 12.6. The summed E-state index contributed by atoms with van der Waals surface area (Å²) in [5, 5.41) is 3.93. The Labute approximate surface area is 200 Å². The van der Waals surface area contributed by atoms with Crippen LogP contribution in [0.4, 0.5) is 4.79 Å². The van der Waals surface area contributed by atoms with Gasteiger partial charge in [-0.25, -0.2) is 4.79 Å². The number of carbonyl (C=O) groups is 2. The molecule has 0 aliphatic carbocycles. The van der Waals surface area contributed by atoms with Crippen molar-refractivity contribution in [1.82, 2.24) is 15.0 Å². The first kappa shape index (κ1) is 25.1. The zero-order valence-corrected chi connectivity index (χ0v) is 20.7. The lowest BCUT2D eigenvalue weighted by molar-refractivity contribution is -0.127. The van der Waals surface area contributed by atoms with Gasteiger partial charge in [-0.15, -0.1) is 0 Å². The van der Waals surface area contributed by atoms with Crippen molar-refractivity contribution in [2.45, 2.75) is 46.8 Å². The zero-order chi connectivity index (χ0) is 24.9. The van der Waals surface area contributed by atoms with E-state index < -0.39 is 5.60 Å². The molecular weight excluding hydrogens is 438 g/mol. The van der Waals surface area contributed by atoms with E-state index in [4.69, 9.17) is 18.7 Å². The van der Waals surface area contributed by atoms with Gasteiger partial charge in [0.1, 0.15) is 18.0 Å². The normalized spacial score (nSPS) is 14.4. The maximum absolute atomic E-state index is 12.6. The Morgan fingerprint density at radius 3 is 2.35 bits per heavy atom. The van der Waals surface area contributed by atoms with E-state index in [1.165, 1.54) is 6.08 Å². The quantitative estimate of drug-likeness (QED) is 0.588. The van der Waals surface area contributed by atoms with Gasteiger partial charge in [0.15, 0.2) is 11.5 Å². The number of amides is 2. The standard InChI is InChI=1S/C25H33N3O6/c1-17-20(18(2)34-26-17)16-32-21-9-7-19(15-22(21)31-6)8-10-23(29)27-11-13-28(14-12-27)24(30)33-25(3,4)5/h7-10,15H,11-14,16H2,1-6H3/b10-8+. The highest BCUT2D eigenvalue weighted by molar-refractivity contribution is 5.92. The Bertz CT molecular complexity index is 1030. The van der Waals surface area contributed by atoms with Crippen LogP contribution in [-0.2, 0) is 16.1 Å². The summed E-state index contributed by atoms with van der Waals surface area (Å²) in [6.45, 7) is 11.3. The smallest absolute Gasteiger partial charge is 0.410 e. The highest BCUT2D eigenvalue weighted by atomic mass is 16.6. The molecule has 1 saturated heterocycles. The van der Waals surface area contributed by atoms with E-state index in [1.54, 1.807) is 29.1 Å². The molecule has 2 aromatic rings. The molecule has 0 bridgehead atoms. The second kappa shape index (κ2) is 10.6. The van der Waals surface area contributed by atoms with Crippen LogP contribution in [0, 0.1) is 13.8 Å². The number of aryl methyl sites for hydroxylation is 2. The van der Waals surface area contributed by atoms with Crippen molar-refractivity contribution in [3.8, 4) is 11.5 Å². The molecule has 0 radical (unpaired) electrons. The lowest BCUT2D eigenvalue weighted by Gasteiger charge is -2.35. The summed E-state index contributed by atoms with van der Waals surface area (Å²) >= 11 is 0. The fraction of sp³-hybridized carbons (Fsp3) is 0.480. The Balaban J connectivity index is 1.56. The molecule has 3 rings (SSSR count). The first-order chi connectivity index (χ1) is 16.1. The Morgan fingerprint density at radius 2 is 1.76 bits per heavy atom. The SMILES string of the molecule is COc1cc(/C=C/C(=O)N2CCN(C(=O)OC(C)(C)C)CC2)ccc1OCc1c(C)noc1C. The van der Waals surface area contributed by atoms with Gasteiger partial charge >= 0.3 is 6.09 Å². The number of carbonyl (C=O) groups excluding carboxylic acids is 2. The largest absolute Gasteiger partial charge is 0.493 e. The number of piperazine rings is 1. The van der Waals surface area contributed by atoms with E-state index in [0.717, 1.165) is 22.6 Å². The van der Waals surface area contributed by atoms with Crippen molar-refractivity contribution in [2.75, 3.05) is 33.3 Å². The molecule has 1 aromatic carbocycles. The molecule has 184 valence electrons. The van der Waals surface area contributed by atoms with E-state index in [0.29, 0.717) is 44.3 Å². The highest BCUT2D eigenvalue weighted by Crippen LogP contribution is 2.30. The molecule has 0 N–H and O–H groups in total. The van der Waals surface area contributed by atoms with E-state index in [9.17, 15) is 9.59 Å². The van der Waals surface area contributed by atoms with Crippen molar-refractivity contribution in [3.05, 3.63) is 46.9 Å². The second-order valence-electron chi connectivity index (χ2n) is 9.13. The van der Waals surface area contributed by atoms with Crippen LogP contribution in [0.1, 0.15) is 43.4 Å². The molecule has 34 heavy (non-hydrogen) atoms. The van der Waals surface area contributed by atoms with Crippen LogP contribution in [0.2, 0.25) is 0 Å². The van der Waals surface area contributed by atoms with Gasteiger partial charge in [-0.2, -0.15) is 0 Å². The topological polar surface area (TPSA) is 94.3 Å². The Morgan fingerprint density at radius 1 is 1.09 bits per heavy atom. The number of hydrogen-bond acceptors (Lipinski definition) is 7. The lowest BCUT2D eigenvalue weighted by Crippen LogP contribution is -2.51. The minimum absolute atomic E-state index is 0.110. The van der Waals surface area contributed by atoms with Gasteiger partial charge in [-0.1, -0.05) is 11.2 Å². The van der Waals surface area contributed by atoms with Crippen molar-refractivity contribution in [1.29, 1.82) is 0 Å². The van der Waals surface area contributed by atoms with Crippen molar-refractivity contribution in [2.24, 2.45) is 0 Å². The summed E-state index contributed by atoms with van der Waals surface area (Å²) in [7, 11) is 1.57. The van der Waals surface area contributed by atoms with E-state index in [-0.39, 0.29) is 12.0 Å². The van der Waals surface area contributed by atoms with Crippen LogP contribution in [0.3, 0.4) is 0 Å². The molecule has 0 saturated carbocycles. The summed E-state index contributed by atoms with van der Waals surface area (Å²) in [4.78, 5) is 28.2. The van der Waals surface area contributed by atoms with Gasteiger partial charge in [0.25, 0.3) is 0 Å². The average Bonchev–Trinajstić information content (AvgIpc) is 3.12. The lowest BCUT2D eigenvalue weighted by atomic mass is 10.1. The van der Waals surface area contributed by atoms with Crippen LogP contribution in [0.5, 0.6) is 11.5 Å². The molecule has 2 heterocycles. The third kappa shape index (κ3) is 6.52. The van der Waals surface area contributed by atoms with Gasteiger partial charge < -0.3 is 28.5 Å². The molecule has 2 amide bonds. The molecule has 0 unspecified atom stereocenters. The molecule has 1 aromatic heterocycles. The number of benzene rings is 1. The summed E-state index contributed by atoms with van der Waals surface area (Å²) in [6.07, 6.45) is 2.92. The summed E-state index contributed by atoms with van der Waals surface area (Å²) < 4.78 is 21.9. The van der Waals surface area contributed by atoms with Crippen LogP contribution >= 0.6 is 0 Å². The molecular formula is C25H33N3O6. The first-order valence-electron chi connectivity index (χ1n) is 11.2. The number of methoxy groups -OCH3 is 1. The zero-order valence-electron chi connectivity index (χ0n) is 20.7. The third-order valence-electron chi connectivity index (χ3n) is 5.40. The van der Waals surface area contributed by atoms with Gasteiger partial charge in [0, 0.05) is 32.3 Å². The maximum Gasteiger partial charge on any atom is 0.410 e. The van der Waals surface area contributed by atoms with Gasteiger partial charge in [-0.05, 0) is 58.4 Å². The van der Waals surface area contributed by atoms with Crippen LogP contribution in [0.15, 0.2) is 28.8 Å². The van der Waals surface area contributed by atoms with Gasteiger partial charge in [-0.3, -0.25) is 4.79 Å². The van der Waals surface area contributed by atoms with Crippen LogP contribution in [0.25, 0.3) is 6.08 Å². The predicted molar refractivity (Wildman–Crippen MR) is 127 cm³/mol. The van der Waals surface area contributed by atoms with Crippen LogP contribution in [-0.4, -0.2) is 65.8 Å². The average molecular weight is 472 g/mol. The number of aromatic nitrogens is 1. The van der Waals surface area contributed by atoms with Crippen molar-refractivity contribution < 1.29 is 28.3 Å². The van der Waals surface area contributed by atoms with Crippen molar-refractivity contribution >= 4 is 18.1 Å². The summed E-state index contributed by atoms with van der Waals surface area (Å²) in [5.74, 6) is 1.76. The Hall–Kier alpha value is -3.49. The van der Waals surface area contributed by atoms with E-state index in [1.807, 2.05) is 46.8 Å². The van der Waals surface area contributed by atoms with Crippen molar-refractivity contribution in [3.63, 3.8) is 0 Å². The fourth-order valence-electron chi connectivity index (χ4n) is 3.47. The Kier molecular flexibility index (Phi) is 7.86. The predicted octanol–water partition coefficient (Wildman–Crippen LogP) is 3.97. The highest BCUT2D eigenvalue weighted by Gasteiger charge is 2.27. The molecule has 1 aliphatic heterocycles. The van der Waals surface area contributed by atoms with E-state index in [2.05, 4.69) is 5.16 Å². The number of hydrogen-bond donors (Lipinski definition) is 0. The van der Waals surface area contributed by atoms with Crippen LogP contribution < -0.4 is 9.47 Å². The minimum atomic E-state index is -0.539. The first-order valence-corrected chi connectivity index (χ1v) is 11.2. The third-order valence-corrected chi connectivity index (χ3v) is 5.40. The number of ether oxygens (including phenoxy) is 3. The molecule has 9 heteroatoms. The molecule has 1 fully saturated rings. The monoisotopic (exact) mass is 471 g/mol. The molecule has 9 nitrogen and oxygen atoms in total. The van der Waals surface area contributed by atoms with E-state index >= 15 is 0 Å².